The average Bonchev–Trinajstić information content (AvgIpc) is 2.90. The second-order valence-electron chi connectivity index (χ2n) is 5.39. The highest BCUT2D eigenvalue weighted by Crippen LogP contribution is 2.22. The van der Waals surface area contributed by atoms with Crippen LogP contribution in [-0.4, -0.2) is 27.0 Å². The summed E-state index contributed by atoms with van der Waals surface area (Å²) in [7, 11) is 1.63. The number of H-pyrrole nitrogens is 1. The van der Waals surface area contributed by atoms with Crippen LogP contribution in [0.2, 0.25) is 5.02 Å². The van der Waals surface area contributed by atoms with Crippen LogP contribution in [0.25, 0.3) is 11.0 Å². The predicted octanol–water partition coefficient (Wildman–Crippen LogP) is 3.63. The van der Waals surface area contributed by atoms with Gasteiger partial charge in [0.1, 0.15) is 18.2 Å². The molecule has 7 heteroatoms. The van der Waals surface area contributed by atoms with Crippen molar-refractivity contribution >= 4 is 28.5 Å². The number of fused-ring (bicyclic) bond motifs is 1. The number of aryl methyl sites for hydroxylation is 1. The van der Waals surface area contributed by atoms with Gasteiger partial charge in [0.05, 0.1) is 17.1 Å². The van der Waals surface area contributed by atoms with Gasteiger partial charge in [0.25, 0.3) is 0 Å². The summed E-state index contributed by atoms with van der Waals surface area (Å²) < 4.78 is 5.09. The number of anilines is 1. The molecule has 0 aliphatic rings. The van der Waals surface area contributed by atoms with Crippen molar-refractivity contribution in [3.05, 3.63) is 46.6 Å². The standard InChI is InChI=1S/C16H18ClN5O/c1-9-6-14(22-15(18-9)8-23-3)19-10(2)16-20-12-5-4-11(17)7-13(12)21-16/h4-7,10H,8H2,1-3H3,(H,20,21)(H,18,19,22). The maximum Gasteiger partial charge on any atom is 0.156 e. The van der Waals surface area contributed by atoms with Crippen LogP contribution in [0.3, 0.4) is 0 Å². The number of ether oxygens (including phenoxy) is 1. The molecule has 0 saturated heterocycles. The van der Waals surface area contributed by atoms with Crippen LogP contribution in [0.4, 0.5) is 5.82 Å². The van der Waals surface area contributed by atoms with Gasteiger partial charge in [-0.15, -0.1) is 0 Å². The summed E-state index contributed by atoms with van der Waals surface area (Å²) in [5.74, 6) is 2.22. The molecule has 1 aromatic carbocycles. The minimum absolute atomic E-state index is 0.0362. The summed E-state index contributed by atoms with van der Waals surface area (Å²) in [5, 5.41) is 4.02. The first-order valence-corrected chi connectivity index (χ1v) is 7.68. The summed E-state index contributed by atoms with van der Waals surface area (Å²) in [6, 6.07) is 7.46. The average molecular weight is 332 g/mol. The number of nitrogens with zero attached hydrogens (tertiary/aromatic N) is 3. The third-order valence-electron chi connectivity index (χ3n) is 3.41. The van der Waals surface area contributed by atoms with Gasteiger partial charge in [-0.2, -0.15) is 0 Å². The smallest absolute Gasteiger partial charge is 0.156 e. The Kier molecular flexibility index (Phi) is 4.45. The molecule has 0 saturated carbocycles. The van der Waals surface area contributed by atoms with Crippen molar-refractivity contribution in [2.45, 2.75) is 26.5 Å². The minimum atomic E-state index is -0.0362. The zero-order valence-electron chi connectivity index (χ0n) is 13.2. The van der Waals surface area contributed by atoms with Gasteiger partial charge in [-0.1, -0.05) is 11.6 Å². The molecule has 6 nitrogen and oxygen atoms in total. The van der Waals surface area contributed by atoms with Crippen molar-refractivity contribution in [1.29, 1.82) is 0 Å². The summed E-state index contributed by atoms with van der Waals surface area (Å²) in [6.07, 6.45) is 0. The second-order valence-corrected chi connectivity index (χ2v) is 5.83. The number of benzene rings is 1. The van der Waals surface area contributed by atoms with Gasteiger partial charge in [-0.3, -0.25) is 0 Å². The Hall–Kier alpha value is -2.18. The van der Waals surface area contributed by atoms with Crippen molar-refractivity contribution in [3.8, 4) is 0 Å². The number of methoxy groups -OCH3 is 1. The van der Waals surface area contributed by atoms with Crippen molar-refractivity contribution < 1.29 is 4.74 Å². The van der Waals surface area contributed by atoms with E-state index in [1.807, 2.05) is 38.1 Å². The third-order valence-corrected chi connectivity index (χ3v) is 3.65. The molecule has 0 amide bonds. The molecule has 2 N–H and O–H groups in total. The third kappa shape index (κ3) is 3.60. The van der Waals surface area contributed by atoms with Crippen LogP contribution in [-0.2, 0) is 11.3 Å². The fraction of sp³-hybridized carbons (Fsp3) is 0.312. The van der Waals surface area contributed by atoms with Gasteiger partial charge in [-0.05, 0) is 32.0 Å². The van der Waals surface area contributed by atoms with Gasteiger partial charge in [-0.25, -0.2) is 15.0 Å². The Labute approximate surface area is 139 Å². The zero-order valence-corrected chi connectivity index (χ0v) is 14.0. The first-order valence-electron chi connectivity index (χ1n) is 7.30. The van der Waals surface area contributed by atoms with Crippen molar-refractivity contribution in [2.24, 2.45) is 0 Å². The van der Waals surface area contributed by atoms with Crippen LogP contribution >= 0.6 is 11.6 Å². The molecule has 0 fully saturated rings. The number of nitrogens with one attached hydrogen (secondary N) is 2. The van der Waals surface area contributed by atoms with E-state index >= 15 is 0 Å². The van der Waals surface area contributed by atoms with E-state index in [0.717, 1.165) is 28.4 Å². The van der Waals surface area contributed by atoms with Crippen LogP contribution in [0.1, 0.15) is 30.3 Å². The normalized spacial score (nSPS) is 12.5. The Morgan fingerprint density at radius 1 is 1.26 bits per heavy atom. The van der Waals surface area contributed by atoms with Gasteiger partial charge in [0.2, 0.25) is 0 Å². The van der Waals surface area contributed by atoms with Crippen molar-refractivity contribution in [2.75, 3.05) is 12.4 Å². The Morgan fingerprint density at radius 3 is 2.87 bits per heavy atom. The topological polar surface area (TPSA) is 75.7 Å². The number of hydrogen-bond donors (Lipinski definition) is 2. The minimum Gasteiger partial charge on any atom is -0.377 e. The summed E-state index contributed by atoms with van der Waals surface area (Å²) in [6.45, 7) is 4.33. The maximum absolute atomic E-state index is 6.01. The number of hydrogen-bond acceptors (Lipinski definition) is 5. The van der Waals surface area contributed by atoms with E-state index in [0.29, 0.717) is 17.5 Å². The lowest BCUT2D eigenvalue weighted by molar-refractivity contribution is 0.177. The molecule has 3 rings (SSSR count). The summed E-state index contributed by atoms with van der Waals surface area (Å²) in [4.78, 5) is 16.7. The number of halogens is 1. The molecule has 0 aliphatic heterocycles. The second kappa shape index (κ2) is 6.52. The molecule has 0 aliphatic carbocycles. The summed E-state index contributed by atoms with van der Waals surface area (Å²) in [5.41, 5.74) is 2.69. The van der Waals surface area contributed by atoms with Gasteiger partial charge in [0, 0.05) is 23.9 Å². The van der Waals surface area contributed by atoms with E-state index in [1.54, 1.807) is 7.11 Å². The van der Waals surface area contributed by atoms with E-state index < -0.39 is 0 Å². The monoisotopic (exact) mass is 331 g/mol. The highest BCUT2D eigenvalue weighted by molar-refractivity contribution is 6.31. The van der Waals surface area contributed by atoms with Gasteiger partial charge < -0.3 is 15.0 Å². The lowest BCUT2D eigenvalue weighted by atomic mass is 10.3. The zero-order chi connectivity index (χ0) is 16.4. The molecule has 120 valence electrons. The molecule has 0 spiro atoms. The summed E-state index contributed by atoms with van der Waals surface area (Å²) >= 11 is 6.01. The highest BCUT2D eigenvalue weighted by Gasteiger charge is 2.12. The van der Waals surface area contributed by atoms with E-state index in [1.165, 1.54) is 0 Å². The fourth-order valence-electron chi connectivity index (χ4n) is 2.39. The Balaban J connectivity index is 1.83. The molecule has 2 aromatic heterocycles. The van der Waals surface area contributed by atoms with E-state index in [2.05, 4.69) is 25.3 Å². The molecule has 0 radical (unpaired) electrons. The Bertz CT molecular complexity index is 832. The van der Waals surface area contributed by atoms with E-state index in [-0.39, 0.29) is 6.04 Å². The van der Waals surface area contributed by atoms with Crippen LogP contribution in [0.5, 0.6) is 0 Å². The lowest BCUT2D eigenvalue weighted by Gasteiger charge is -2.13. The number of aromatic nitrogens is 4. The quantitative estimate of drug-likeness (QED) is 0.746. The molecule has 23 heavy (non-hydrogen) atoms. The van der Waals surface area contributed by atoms with Gasteiger partial charge >= 0.3 is 0 Å². The molecule has 3 aromatic rings. The van der Waals surface area contributed by atoms with E-state index in [9.17, 15) is 0 Å². The Morgan fingerprint density at radius 2 is 2.09 bits per heavy atom. The van der Waals surface area contributed by atoms with Crippen LogP contribution < -0.4 is 5.32 Å². The number of rotatable bonds is 5. The number of imidazole rings is 1. The molecular formula is C16H18ClN5O. The van der Waals surface area contributed by atoms with Crippen LogP contribution in [0, 0.1) is 6.92 Å². The molecule has 1 unspecified atom stereocenters. The molecule has 1 atom stereocenters. The SMILES string of the molecule is COCc1nc(C)cc(NC(C)c2nc3ccc(Cl)cc3[nH]2)n1. The molecule has 0 bridgehead atoms. The highest BCUT2D eigenvalue weighted by atomic mass is 35.5. The largest absolute Gasteiger partial charge is 0.377 e. The van der Waals surface area contributed by atoms with Crippen molar-refractivity contribution in [1.82, 2.24) is 19.9 Å². The van der Waals surface area contributed by atoms with Crippen LogP contribution in [0.15, 0.2) is 24.3 Å². The molecule has 2 heterocycles. The predicted molar refractivity (Wildman–Crippen MR) is 90.6 cm³/mol. The lowest BCUT2D eigenvalue weighted by Crippen LogP contribution is -2.11. The van der Waals surface area contributed by atoms with Gasteiger partial charge in [0.15, 0.2) is 5.82 Å². The fourth-order valence-corrected chi connectivity index (χ4v) is 2.57. The van der Waals surface area contributed by atoms with Crippen molar-refractivity contribution in [3.63, 3.8) is 0 Å². The van der Waals surface area contributed by atoms with E-state index in [4.69, 9.17) is 16.3 Å². The first kappa shape index (κ1) is 15.7. The molecular weight excluding hydrogens is 314 g/mol. The maximum atomic E-state index is 6.01. The first-order chi connectivity index (χ1) is 11.0. The number of aromatic amines is 1.